The number of nitrogens with one attached hydrogen (secondary N) is 1. The lowest BCUT2D eigenvalue weighted by Gasteiger charge is -2.22. The molecule has 160 valence electrons. The molecule has 2 N–H and O–H groups in total. The predicted octanol–water partition coefficient (Wildman–Crippen LogP) is 3.08. The van der Waals surface area contributed by atoms with Crippen molar-refractivity contribution in [1.29, 1.82) is 0 Å². The lowest BCUT2D eigenvalue weighted by Crippen LogP contribution is -2.42. The summed E-state index contributed by atoms with van der Waals surface area (Å²) in [6, 6.07) is 2.37. The number of carbonyl (C=O) groups excluding carboxylic acids is 1. The molecule has 2 aliphatic carbocycles. The van der Waals surface area contributed by atoms with Crippen molar-refractivity contribution in [1.82, 2.24) is 24.2 Å². The van der Waals surface area contributed by atoms with Crippen molar-refractivity contribution in [2.24, 2.45) is 7.05 Å². The number of aromatic nitrogens is 4. The molecule has 0 spiro atoms. The van der Waals surface area contributed by atoms with E-state index in [0.717, 1.165) is 41.6 Å². The number of fused-ring (bicyclic) bond motifs is 1. The van der Waals surface area contributed by atoms with E-state index in [1.54, 1.807) is 7.05 Å². The van der Waals surface area contributed by atoms with Crippen LogP contribution in [-0.4, -0.2) is 35.5 Å². The number of amides is 1. The molecule has 8 nitrogen and oxygen atoms in total. The normalized spacial score (nSPS) is 18.7. The third-order valence-corrected chi connectivity index (χ3v) is 7.65. The van der Waals surface area contributed by atoms with Gasteiger partial charge in [-0.15, -0.1) is 11.3 Å². The van der Waals surface area contributed by atoms with Gasteiger partial charge in [0.15, 0.2) is 0 Å². The quantitative estimate of drug-likeness (QED) is 0.652. The number of hydrogen-bond donors (Lipinski definition) is 2. The van der Waals surface area contributed by atoms with Gasteiger partial charge >= 0.3 is 5.69 Å². The summed E-state index contributed by atoms with van der Waals surface area (Å²) in [5.41, 5.74) is 0.214. The number of nitrogens with zero attached hydrogens (tertiary/aromatic N) is 4. The van der Waals surface area contributed by atoms with Gasteiger partial charge in [0, 0.05) is 12.4 Å². The van der Waals surface area contributed by atoms with E-state index in [0.29, 0.717) is 10.9 Å². The highest BCUT2D eigenvalue weighted by Gasteiger charge is 2.45. The van der Waals surface area contributed by atoms with Crippen LogP contribution in [0.5, 0.6) is 5.88 Å². The second kappa shape index (κ2) is 7.01. The lowest BCUT2D eigenvalue weighted by atomic mass is 9.96. The molecule has 3 heterocycles. The van der Waals surface area contributed by atoms with Gasteiger partial charge in [0.25, 0.3) is 5.91 Å². The molecule has 0 aromatic carbocycles. The first kappa shape index (κ1) is 19.4. The van der Waals surface area contributed by atoms with Crippen LogP contribution in [0, 0.1) is 6.92 Å². The Balaban J connectivity index is 1.38. The summed E-state index contributed by atoms with van der Waals surface area (Å²) in [4.78, 5) is 27.0. The topological polar surface area (TPSA) is 94.1 Å². The standard InChI is InChI=1S/C21H27N5O3S/c1-13-15-10-16(30-19(15)26(23-13)14-6-4-3-5-7-14)18(28)22-21(8-9-21)12-25-17(27)11-24(2)20(25)29/h10-11,14,27H,3-9,12H2,1-2H3,(H,22,28). The van der Waals surface area contributed by atoms with Gasteiger partial charge in [-0.1, -0.05) is 19.3 Å². The third-order valence-electron chi connectivity index (χ3n) is 6.52. The molecule has 0 atom stereocenters. The highest BCUT2D eigenvalue weighted by molar-refractivity contribution is 7.20. The van der Waals surface area contributed by atoms with Crippen LogP contribution in [0.3, 0.4) is 0 Å². The van der Waals surface area contributed by atoms with Crippen LogP contribution < -0.4 is 11.0 Å². The summed E-state index contributed by atoms with van der Waals surface area (Å²) in [6.45, 7) is 2.28. The molecule has 5 rings (SSSR count). The van der Waals surface area contributed by atoms with Gasteiger partial charge in [-0.05, 0) is 38.7 Å². The van der Waals surface area contributed by atoms with Crippen LogP contribution in [-0.2, 0) is 13.6 Å². The molecule has 3 aromatic heterocycles. The SMILES string of the molecule is Cc1nn(C2CCCCC2)c2sc(C(=O)NC3(Cn4c(O)cn(C)c4=O)CC3)cc12. The number of carbonyl (C=O) groups is 1. The Morgan fingerprint density at radius 3 is 2.70 bits per heavy atom. The Hall–Kier alpha value is -2.55. The first-order valence-electron chi connectivity index (χ1n) is 10.6. The van der Waals surface area contributed by atoms with Gasteiger partial charge in [-0.2, -0.15) is 5.10 Å². The molecule has 9 heteroatoms. The van der Waals surface area contributed by atoms with Crippen LogP contribution >= 0.6 is 11.3 Å². The zero-order valence-corrected chi connectivity index (χ0v) is 18.2. The largest absolute Gasteiger partial charge is 0.493 e. The number of imidazole rings is 1. The Morgan fingerprint density at radius 2 is 2.07 bits per heavy atom. The van der Waals surface area contributed by atoms with Gasteiger partial charge in [-0.3, -0.25) is 18.6 Å². The molecular formula is C21H27N5O3S. The Kier molecular flexibility index (Phi) is 4.53. The summed E-state index contributed by atoms with van der Waals surface area (Å²) in [6.07, 6.45) is 9.03. The van der Waals surface area contributed by atoms with Crippen molar-refractivity contribution < 1.29 is 9.90 Å². The summed E-state index contributed by atoms with van der Waals surface area (Å²) in [5.74, 6) is -0.195. The molecular weight excluding hydrogens is 402 g/mol. The van der Waals surface area contributed by atoms with Crippen LogP contribution in [0.1, 0.15) is 66.4 Å². The number of hydrogen-bond acceptors (Lipinski definition) is 5. The molecule has 1 amide bonds. The maximum Gasteiger partial charge on any atom is 0.330 e. The van der Waals surface area contributed by atoms with Gasteiger partial charge in [0.05, 0.1) is 34.9 Å². The smallest absolute Gasteiger partial charge is 0.330 e. The van der Waals surface area contributed by atoms with Crippen molar-refractivity contribution in [3.8, 4) is 5.88 Å². The number of aromatic hydroxyl groups is 1. The minimum atomic E-state index is -0.472. The van der Waals surface area contributed by atoms with Gasteiger partial charge < -0.3 is 10.4 Å². The minimum Gasteiger partial charge on any atom is -0.493 e. The molecule has 0 aliphatic heterocycles. The molecule has 2 fully saturated rings. The highest BCUT2D eigenvalue weighted by Crippen LogP contribution is 2.39. The van der Waals surface area contributed by atoms with E-state index >= 15 is 0 Å². The van der Waals surface area contributed by atoms with Crippen molar-refractivity contribution in [2.45, 2.75) is 70.0 Å². The molecule has 0 unspecified atom stereocenters. The molecule has 3 aromatic rings. The average molecular weight is 430 g/mol. The van der Waals surface area contributed by atoms with E-state index in [9.17, 15) is 14.7 Å². The third kappa shape index (κ3) is 3.25. The Labute approximate surface area is 178 Å². The molecule has 30 heavy (non-hydrogen) atoms. The van der Waals surface area contributed by atoms with Crippen molar-refractivity contribution in [2.75, 3.05) is 0 Å². The Morgan fingerprint density at radius 1 is 1.33 bits per heavy atom. The number of thiophene rings is 1. The van der Waals surface area contributed by atoms with Gasteiger partial charge in [0.1, 0.15) is 4.83 Å². The average Bonchev–Trinajstić information content (AvgIpc) is 3.11. The summed E-state index contributed by atoms with van der Waals surface area (Å²) in [5, 5.41) is 19.0. The fraction of sp³-hybridized carbons (Fsp3) is 0.571. The van der Waals surface area contributed by atoms with Crippen LogP contribution in [0.4, 0.5) is 0 Å². The van der Waals surface area contributed by atoms with E-state index < -0.39 is 5.54 Å². The van der Waals surface area contributed by atoms with E-state index in [1.165, 1.54) is 45.9 Å². The van der Waals surface area contributed by atoms with E-state index in [-0.39, 0.29) is 24.0 Å². The first-order chi connectivity index (χ1) is 14.4. The van der Waals surface area contributed by atoms with E-state index in [1.807, 2.05) is 13.0 Å². The summed E-state index contributed by atoms with van der Waals surface area (Å²) in [7, 11) is 1.60. The van der Waals surface area contributed by atoms with Crippen LogP contribution in [0.25, 0.3) is 10.2 Å². The molecule has 0 bridgehead atoms. The fourth-order valence-corrected chi connectivity index (χ4v) is 5.70. The summed E-state index contributed by atoms with van der Waals surface area (Å²) >= 11 is 1.50. The van der Waals surface area contributed by atoms with E-state index in [2.05, 4.69) is 10.00 Å². The number of aryl methyl sites for hydroxylation is 2. The highest BCUT2D eigenvalue weighted by atomic mass is 32.1. The maximum absolute atomic E-state index is 13.0. The molecule has 2 aliphatic rings. The fourth-order valence-electron chi connectivity index (χ4n) is 4.57. The predicted molar refractivity (Wildman–Crippen MR) is 115 cm³/mol. The van der Waals surface area contributed by atoms with Crippen molar-refractivity contribution >= 4 is 27.5 Å². The molecule has 0 radical (unpaired) electrons. The monoisotopic (exact) mass is 429 g/mol. The molecule has 0 saturated heterocycles. The van der Waals surface area contributed by atoms with Gasteiger partial charge in [-0.25, -0.2) is 4.79 Å². The maximum atomic E-state index is 13.0. The van der Waals surface area contributed by atoms with Crippen LogP contribution in [0.2, 0.25) is 0 Å². The lowest BCUT2D eigenvalue weighted by molar-refractivity contribution is 0.0930. The zero-order chi connectivity index (χ0) is 21.0. The van der Waals surface area contributed by atoms with E-state index in [4.69, 9.17) is 5.10 Å². The second-order valence-corrected chi connectivity index (χ2v) is 9.88. The number of rotatable bonds is 5. The summed E-state index contributed by atoms with van der Waals surface area (Å²) < 4.78 is 4.81. The van der Waals surface area contributed by atoms with Crippen LogP contribution in [0.15, 0.2) is 17.1 Å². The molecule has 2 saturated carbocycles. The first-order valence-corrected chi connectivity index (χ1v) is 11.4. The minimum absolute atomic E-state index is 0.0758. The van der Waals surface area contributed by atoms with Crippen molar-refractivity contribution in [3.63, 3.8) is 0 Å². The van der Waals surface area contributed by atoms with Gasteiger partial charge in [0.2, 0.25) is 5.88 Å². The Bertz CT molecular complexity index is 1170. The zero-order valence-electron chi connectivity index (χ0n) is 17.3. The second-order valence-electron chi connectivity index (χ2n) is 8.85. The van der Waals surface area contributed by atoms with Crippen molar-refractivity contribution in [3.05, 3.63) is 33.3 Å².